The van der Waals surface area contributed by atoms with Gasteiger partial charge in [-0.1, -0.05) is 0 Å². The molecule has 0 saturated carbocycles. The number of halogens is 1. The van der Waals surface area contributed by atoms with Crippen molar-refractivity contribution in [3.05, 3.63) is 42.5 Å². The van der Waals surface area contributed by atoms with Gasteiger partial charge < -0.3 is 20.1 Å². The van der Waals surface area contributed by atoms with Crippen molar-refractivity contribution in [3.63, 3.8) is 0 Å². The highest BCUT2D eigenvalue weighted by atomic mass is 19.1. The third kappa shape index (κ3) is 4.04. The lowest BCUT2D eigenvalue weighted by Gasteiger charge is -2.45. The molecule has 2 saturated heterocycles. The standard InChI is InChI=1S/C25H29FN6O2/c1-24-7-8-25(2,31-24)13-15(12-24)32(3)22-6-5-19(29-30-22)17-9-18(26)16(10-21(17)33)20-11-23(34-4)28-14-27-20/h5-6,9-11,14-15,31,33H,7-8,12-13H2,1-4H3/t15-,24+,25-. The Bertz CT molecular complexity index is 1200. The molecule has 8 nitrogen and oxygen atoms in total. The fourth-order valence-electron chi connectivity index (χ4n) is 5.50. The Kier molecular flexibility index (Phi) is 5.39. The van der Waals surface area contributed by atoms with E-state index in [1.54, 1.807) is 6.07 Å². The lowest BCUT2D eigenvalue weighted by molar-refractivity contribution is 0.207. The van der Waals surface area contributed by atoms with Crippen LogP contribution in [-0.4, -0.2) is 56.5 Å². The molecular weight excluding hydrogens is 435 g/mol. The van der Waals surface area contributed by atoms with Crippen LogP contribution in [0, 0.1) is 5.82 Å². The maximum atomic E-state index is 15.0. The maximum absolute atomic E-state index is 15.0. The topological polar surface area (TPSA) is 96.3 Å². The Morgan fingerprint density at radius 2 is 1.76 bits per heavy atom. The highest BCUT2D eigenvalue weighted by Crippen LogP contribution is 2.44. The zero-order valence-electron chi connectivity index (χ0n) is 19.8. The monoisotopic (exact) mass is 464 g/mol. The number of fused-ring (bicyclic) bond motifs is 2. The zero-order chi connectivity index (χ0) is 24.1. The number of phenolic OH excluding ortho intramolecular Hbond substituents is 1. The second kappa shape index (κ2) is 8.16. The van der Waals surface area contributed by atoms with E-state index in [1.165, 1.54) is 44.5 Å². The van der Waals surface area contributed by atoms with Crippen LogP contribution < -0.4 is 15.0 Å². The van der Waals surface area contributed by atoms with Gasteiger partial charge in [0.25, 0.3) is 0 Å². The summed E-state index contributed by atoms with van der Waals surface area (Å²) in [5, 5.41) is 23.1. The van der Waals surface area contributed by atoms with Crippen LogP contribution in [0.1, 0.15) is 39.5 Å². The third-order valence-electron chi connectivity index (χ3n) is 7.25. The summed E-state index contributed by atoms with van der Waals surface area (Å²) in [6.07, 6.45) is 5.74. The molecule has 2 aliphatic rings. The summed E-state index contributed by atoms with van der Waals surface area (Å²) in [4.78, 5) is 10.2. The van der Waals surface area contributed by atoms with Crippen LogP contribution in [0.3, 0.4) is 0 Å². The van der Waals surface area contributed by atoms with Gasteiger partial charge >= 0.3 is 0 Å². The lowest BCUT2D eigenvalue weighted by Crippen LogP contribution is -2.58. The van der Waals surface area contributed by atoms with Crippen molar-refractivity contribution in [1.82, 2.24) is 25.5 Å². The van der Waals surface area contributed by atoms with E-state index in [0.717, 1.165) is 18.7 Å². The van der Waals surface area contributed by atoms with Gasteiger partial charge in [-0.3, -0.25) is 0 Å². The Morgan fingerprint density at radius 3 is 2.41 bits per heavy atom. The maximum Gasteiger partial charge on any atom is 0.216 e. The van der Waals surface area contributed by atoms with Gasteiger partial charge in [-0.15, -0.1) is 10.2 Å². The Labute approximate surface area is 198 Å². The molecule has 4 heterocycles. The van der Waals surface area contributed by atoms with Crippen LogP contribution in [0.4, 0.5) is 10.2 Å². The normalized spacial score (nSPS) is 25.9. The average Bonchev–Trinajstić information content (AvgIpc) is 3.06. The van der Waals surface area contributed by atoms with Crippen molar-refractivity contribution < 1.29 is 14.2 Å². The van der Waals surface area contributed by atoms with Gasteiger partial charge in [0.15, 0.2) is 5.82 Å². The Hall–Kier alpha value is -3.33. The van der Waals surface area contributed by atoms with Gasteiger partial charge in [-0.05, 0) is 63.8 Å². The predicted octanol–water partition coefficient (Wildman–Crippen LogP) is 3.95. The molecule has 0 aliphatic carbocycles. The van der Waals surface area contributed by atoms with E-state index >= 15 is 0 Å². The summed E-state index contributed by atoms with van der Waals surface area (Å²) >= 11 is 0. The molecule has 2 N–H and O–H groups in total. The van der Waals surface area contributed by atoms with Crippen molar-refractivity contribution in [2.75, 3.05) is 19.1 Å². The average molecular weight is 465 g/mol. The predicted molar refractivity (Wildman–Crippen MR) is 127 cm³/mol. The Morgan fingerprint density at radius 1 is 1.03 bits per heavy atom. The second-order valence-electron chi connectivity index (χ2n) is 9.99. The molecule has 0 amide bonds. The number of phenols is 1. The Balaban J connectivity index is 1.39. The number of rotatable bonds is 5. The van der Waals surface area contributed by atoms with Crippen LogP contribution in [0.15, 0.2) is 36.7 Å². The van der Waals surface area contributed by atoms with Crippen LogP contribution in [-0.2, 0) is 0 Å². The quantitative estimate of drug-likeness (QED) is 0.586. The van der Waals surface area contributed by atoms with Crippen molar-refractivity contribution >= 4 is 5.82 Å². The number of hydrogen-bond acceptors (Lipinski definition) is 8. The summed E-state index contributed by atoms with van der Waals surface area (Å²) in [5.74, 6) is 0.415. The van der Waals surface area contributed by atoms with Crippen LogP contribution in [0.2, 0.25) is 0 Å². The molecule has 2 aromatic heterocycles. The van der Waals surface area contributed by atoms with Crippen LogP contribution in [0.25, 0.3) is 22.5 Å². The number of ether oxygens (including phenoxy) is 1. The molecule has 0 spiro atoms. The van der Waals surface area contributed by atoms with Gasteiger partial charge in [-0.25, -0.2) is 14.4 Å². The van der Waals surface area contributed by atoms with E-state index < -0.39 is 5.82 Å². The number of benzene rings is 1. The molecule has 0 radical (unpaired) electrons. The van der Waals surface area contributed by atoms with E-state index in [2.05, 4.69) is 44.2 Å². The minimum absolute atomic E-state index is 0.111. The molecule has 0 unspecified atom stereocenters. The fraction of sp³-hybridized carbons (Fsp3) is 0.440. The van der Waals surface area contributed by atoms with Gasteiger partial charge in [0.05, 0.1) is 18.5 Å². The molecular formula is C25H29FN6O2. The number of piperidine rings is 1. The van der Waals surface area contributed by atoms with Crippen molar-refractivity contribution in [2.24, 2.45) is 0 Å². The molecule has 2 fully saturated rings. The molecule has 3 aromatic rings. The van der Waals surface area contributed by atoms with E-state index in [4.69, 9.17) is 4.74 Å². The van der Waals surface area contributed by atoms with Gasteiger partial charge in [-0.2, -0.15) is 0 Å². The molecule has 3 atom stereocenters. The van der Waals surface area contributed by atoms with E-state index in [0.29, 0.717) is 23.3 Å². The second-order valence-corrected chi connectivity index (χ2v) is 9.99. The van der Waals surface area contributed by atoms with E-state index in [-0.39, 0.29) is 28.0 Å². The highest BCUT2D eigenvalue weighted by Gasteiger charge is 2.49. The molecule has 9 heteroatoms. The lowest BCUT2D eigenvalue weighted by atomic mass is 9.84. The zero-order valence-corrected chi connectivity index (χ0v) is 19.8. The van der Waals surface area contributed by atoms with Gasteiger partial charge in [0.2, 0.25) is 5.88 Å². The summed E-state index contributed by atoms with van der Waals surface area (Å²) in [7, 11) is 3.52. The summed E-state index contributed by atoms with van der Waals surface area (Å²) < 4.78 is 20.0. The fourth-order valence-corrected chi connectivity index (χ4v) is 5.50. The van der Waals surface area contributed by atoms with Crippen LogP contribution >= 0.6 is 0 Å². The number of methoxy groups -OCH3 is 1. The van der Waals surface area contributed by atoms with E-state index in [1.807, 2.05) is 13.1 Å². The highest BCUT2D eigenvalue weighted by molar-refractivity contribution is 5.74. The first-order chi connectivity index (χ1) is 16.2. The number of hydrogen-bond donors (Lipinski definition) is 2. The largest absolute Gasteiger partial charge is 0.507 e. The van der Waals surface area contributed by atoms with Gasteiger partial charge in [0.1, 0.15) is 17.9 Å². The molecule has 34 heavy (non-hydrogen) atoms. The number of nitrogens with one attached hydrogen (secondary N) is 1. The minimum Gasteiger partial charge on any atom is -0.507 e. The third-order valence-corrected chi connectivity index (χ3v) is 7.25. The minimum atomic E-state index is -0.539. The van der Waals surface area contributed by atoms with Crippen LogP contribution in [0.5, 0.6) is 11.6 Å². The van der Waals surface area contributed by atoms with Crippen molar-refractivity contribution in [3.8, 4) is 34.1 Å². The van der Waals surface area contributed by atoms with E-state index in [9.17, 15) is 9.50 Å². The molecule has 1 aromatic carbocycles. The van der Waals surface area contributed by atoms with Crippen molar-refractivity contribution in [1.29, 1.82) is 0 Å². The SMILES string of the molecule is COc1cc(-c2cc(O)c(-c3ccc(N(C)[C@@H]4C[C@]5(C)CC[C@](C)(C4)N5)nn3)cc2F)ncn1. The summed E-state index contributed by atoms with van der Waals surface area (Å²) in [5.41, 5.74) is 1.42. The number of aromatic hydroxyl groups is 1. The first kappa shape index (κ1) is 22.5. The van der Waals surface area contributed by atoms with Crippen molar-refractivity contribution in [2.45, 2.75) is 56.7 Å². The van der Waals surface area contributed by atoms with Gasteiger partial charge in [0, 0.05) is 41.4 Å². The molecule has 2 bridgehead atoms. The first-order valence-corrected chi connectivity index (χ1v) is 11.4. The molecule has 178 valence electrons. The summed E-state index contributed by atoms with van der Waals surface area (Å²) in [6, 6.07) is 8.08. The first-order valence-electron chi connectivity index (χ1n) is 11.4. The smallest absolute Gasteiger partial charge is 0.216 e. The number of anilines is 1. The summed E-state index contributed by atoms with van der Waals surface area (Å²) in [6.45, 7) is 4.59. The molecule has 5 rings (SSSR count). The number of nitrogens with zero attached hydrogens (tertiary/aromatic N) is 5. The molecule has 2 aliphatic heterocycles. The number of aromatic nitrogens is 4.